The number of aliphatic hydroxyl groups excluding tert-OH is 1. The summed E-state index contributed by atoms with van der Waals surface area (Å²) in [5, 5.41) is 21.7. The molecule has 2 saturated heterocycles. The molecule has 0 aromatic heterocycles. The lowest BCUT2D eigenvalue weighted by Crippen LogP contribution is -2.42. The van der Waals surface area contributed by atoms with Gasteiger partial charge in [-0.3, -0.25) is 14.5 Å². The Kier molecular flexibility index (Phi) is 7.49. The number of amides is 1. The van der Waals surface area contributed by atoms with E-state index in [9.17, 15) is 19.8 Å². The van der Waals surface area contributed by atoms with E-state index in [-0.39, 0.29) is 22.8 Å². The van der Waals surface area contributed by atoms with Crippen molar-refractivity contribution in [1.29, 1.82) is 0 Å². The first-order valence-corrected chi connectivity index (χ1v) is 12.2. The van der Waals surface area contributed by atoms with E-state index in [4.69, 9.17) is 9.47 Å². The average molecular weight is 545 g/mol. The lowest BCUT2D eigenvalue weighted by molar-refractivity contribution is -0.140. The van der Waals surface area contributed by atoms with Crippen LogP contribution in [0, 0.1) is 13.8 Å². The highest BCUT2D eigenvalue weighted by molar-refractivity contribution is 9.10. The number of methoxy groups -OCH3 is 1. The molecule has 0 radical (unpaired) electrons. The second-order valence-electron chi connectivity index (χ2n) is 8.82. The average Bonchev–Trinajstić information content (AvgIpc) is 3.11. The Balaban J connectivity index is 1.84. The maximum Gasteiger partial charge on any atom is 0.295 e. The predicted octanol–water partition coefficient (Wildman–Crippen LogP) is 3.53. The molecule has 2 aromatic rings. The molecule has 8 nitrogen and oxygen atoms in total. The number of hydrogen-bond acceptors (Lipinski definition) is 7. The molecule has 2 aliphatic rings. The second kappa shape index (κ2) is 10.4. The standard InChI is InChI=1S/C26H29BrN2O6/c1-15-4-5-16(2)18(12-15)23(30)21-22(17-13-19(27)24(31)20(14-17)34-3)29(26(33)25(21)32)7-6-28-8-10-35-11-9-28/h4-5,12-14,22,30-31H,6-11H2,1-3H3/b23-21+. The molecule has 0 saturated carbocycles. The van der Waals surface area contributed by atoms with E-state index < -0.39 is 17.7 Å². The molecule has 1 atom stereocenters. The van der Waals surface area contributed by atoms with Gasteiger partial charge >= 0.3 is 0 Å². The first-order valence-electron chi connectivity index (χ1n) is 11.5. The SMILES string of the molecule is COc1cc(C2/C(=C(\O)c3cc(C)ccc3C)C(=O)C(=O)N2CCN2CCOCC2)cc(Br)c1O. The lowest BCUT2D eigenvalue weighted by Gasteiger charge is -2.31. The van der Waals surface area contributed by atoms with Crippen LogP contribution in [-0.2, 0) is 14.3 Å². The number of aromatic hydroxyl groups is 1. The molecule has 1 amide bonds. The minimum absolute atomic E-state index is 0.0188. The van der Waals surface area contributed by atoms with Gasteiger partial charge in [-0.1, -0.05) is 17.7 Å². The lowest BCUT2D eigenvalue weighted by atomic mass is 9.93. The number of hydrogen-bond donors (Lipinski definition) is 2. The number of phenolic OH excluding ortho intramolecular Hbond substituents is 1. The maximum absolute atomic E-state index is 13.3. The van der Waals surface area contributed by atoms with E-state index in [1.54, 1.807) is 18.2 Å². The number of nitrogens with zero attached hydrogens (tertiary/aromatic N) is 2. The normalized spacial score (nSPS) is 20.5. The van der Waals surface area contributed by atoms with Crippen LogP contribution in [0.2, 0.25) is 0 Å². The molecule has 0 spiro atoms. The van der Waals surface area contributed by atoms with Gasteiger partial charge in [0.1, 0.15) is 5.76 Å². The summed E-state index contributed by atoms with van der Waals surface area (Å²) in [6.07, 6.45) is 0. The van der Waals surface area contributed by atoms with Crippen molar-refractivity contribution in [3.63, 3.8) is 0 Å². The third kappa shape index (κ3) is 4.94. The Bertz CT molecular complexity index is 1190. The minimum atomic E-state index is -0.846. The number of carbonyl (C=O) groups is 2. The van der Waals surface area contributed by atoms with Crippen molar-refractivity contribution in [2.45, 2.75) is 19.9 Å². The van der Waals surface area contributed by atoms with E-state index in [1.165, 1.54) is 12.0 Å². The smallest absolute Gasteiger partial charge is 0.295 e. The third-order valence-corrected chi connectivity index (χ3v) is 7.14. The molecule has 0 bridgehead atoms. The number of morpholine rings is 1. The van der Waals surface area contributed by atoms with Crippen molar-refractivity contribution in [3.05, 3.63) is 62.6 Å². The molecule has 1 unspecified atom stereocenters. The molecule has 186 valence electrons. The first-order chi connectivity index (χ1) is 16.7. The van der Waals surface area contributed by atoms with Gasteiger partial charge in [0.25, 0.3) is 11.7 Å². The molecule has 2 fully saturated rings. The Morgan fingerprint density at radius 1 is 1.14 bits per heavy atom. The van der Waals surface area contributed by atoms with Crippen molar-refractivity contribution >= 4 is 33.4 Å². The summed E-state index contributed by atoms with van der Waals surface area (Å²) >= 11 is 3.34. The quantitative estimate of drug-likeness (QED) is 0.326. The number of aryl methyl sites for hydroxylation is 2. The van der Waals surface area contributed by atoms with E-state index in [1.807, 2.05) is 26.0 Å². The molecular formula is C26H29BrN2O6. The van der Waals surface area contributed by atoms with Crippen molar-refractivity contribution in [2.75, 3.05) is 46.5 Å². The summed E-state index contributed by atoms with van der Waals surface area (Å²) in [6, 6.07) is 7.99. The number of benzene rings is 2. The van der Waals surface area contributed by atoms with Crippen LogP contribution in [0.5, 0.6) is 11.5 Å². The predicted molar refractivity (Wildman–Crippen MR) is 135 cm³/mol. The summed E-state index contributed by atoms with van der Waals surface area (Å²) in [5.41, 5.74) is 2.77. The van der Waals surface area contributed by atoms with Gasteiger partial charge in [-0.15, -0.1) is 0 Å². The molecule has 2 aliphatic heterocycles. The monoisotopic (exact) mass is 544 g/mol. The number of phenols is 1. The van der Waals surface area contributed by atoms with Gasteiger partial charge in [-0.2, -0.15) is 0 Å². The highest BCUT2D eigenvalue weighted by atomic mass is 79.9. The van der Waals surface area contributed by atoms with Gasteiger partial charge in [-0.05, 0) is 59.1 Å². The number of rotatable bonds is 6. The number of Topliss-reactive ketones (excluding diaryl/α,β-unsaturated/α-hetero) is 1. The van der Waals surface area contributed by atoms with Crippen molar-refractivity contribution in [2.24, 2.45) is 0 Å². The molecule has 2 N–H and O–H groups in total. The summed E-state index contributed by atoms with van der Waals surface area (Å²) in [6.45, 7) is 7.33. The van der Waals surface area contributed by atoms with Crippen LogP contribution in [0.25, 0.3) is 5.76 Å². The number of aliphatic hydroxyl groups is 1. The number of halogens is 1. The maximum atomic E-state index is 13.3. The van der Waals surface area contributed by atoms with Crippen LogP contribution in [-0.4, -0.2) is 78.2 Å². The Morgan fingerprint density at radius 3 is 2.54 bits per heavy atom. The van der Waals surface area contributed by atoms with Crippen molar-refractivity contribution in [1.82, 2.24) is 9.80 Å². The van der Waals surface area contributed by atoms with Crippen LogP contribution in [0.15, 0.2) is 40.4 Å². The van der Waals surface area contributed by atoms with Gasteiger partial charge in [0.2, 0.25) is 0 Å². The fourth-order valence-electron chi connectivity index (χ4n) is 4.57. The first kappa shape index (κ1) is 25.2. The van der Waals surface area contributed by atoms with Crippen LogP contribution >= 0.6 is 15.9 Å². The molecule has 2 aromatic carbocycles. The number of ether oxygens (including phenoxy) is 2. The van der Waals surface area contributed by atoms with Gasteiger partial charge in [0.15, 0.2) is 11.5 Å². The van der Waals surface area contributed by atoms with Gasteiger partial charge in [-0.25, -0.2) is 0 Å². The topological polar surface area (TPSA) is 99.5 Å². The van der Waals surface area contributed by atoms with Crippen molar-refractivity contribution < 1.29 is 29.3 Å². The Hall–Kier alpha value is -2.88. The summed E-state index contributed by atoms with van der Waals surface area (Å²) in [4.78, 5) is 30.3. The molecular weight excluding hydrogens is 516 g/mol. The molecule has 2 heterocycles. The largest absolute Gasteiger partial charge is 0.507 e. The summed E-state index contributed by atoms with van der Waals surface area (Å²) in [7, 11) is 1.43. The van der Waals surface area contributed by atoms with E-state index in [0.29, 0.717) is 41.9 Å². The molecule has 0 aliphatic carbocycles. The summed E-state index contributed by atoms with van der Waals surface area (Å²) < 4.78 is 11.1. The van der Waals surface area contributed by atoms with Gasteiger partial charge < -0.3 is 24.6 Å². The molecule has 35 heavy (non-hydrogen) atoms. The Morgan fingerprint density at radius 2 is 1.86 bits per heavy atom. The number of carbonyl (C=O) groups excluding carboxylic acids is 2. The zero-order valence-corrected chi connectivity index (χ0v) is 21.6. The van der Waals surface area contributed by atoms with Gasteiger partial charge in [0.05, 0.1) is 36.4 Å². The zero-order valence-electron chi connectivity index (χ0n) is 20.0. The highest BCUT2D eigenvalue weighted by Crippen LogP contribution is 2.44. The van der Waals surface area contributed by atoms with Gasteiger partial charge in [0, 0.05) is 31.7 Å². The molecule has 4 rings (SSSR count). The van der Waals surface area contributed by atoms with E-state index in [0.717, 1.165) is 24.2 Å². The third-order valence-electron chi connectivity index (χ3n) is 6.54. The van der Waals surface area contributed by atoms with Crippen LogP contribution in [0.4, 0.5) is 0 Å². The molecule has 9 heteroatoms. The zero-order chi connectivity index (χ0) is 25.3. The fourth-order valence-corrected chi connectivity index (χ4v) is 5.03. The fraction of sp³-hybridized carbons (Fsp3) is 0.385. The van der Waals surface area contributed by atoms with E-state index in [2.05, 4.69) is 20.8 Å². The second-order valence-corrected chi connectivity index (χ2v) is 9.67. The van der Waals surface area contributed by atoms with E-state index >= 15 is 0 Å². The Labute approximate surface area is 212 Å². The van der Waals surface area contributed by atoms with Crippen LogP contribution in [0.3, 0.4) is 0 Å². The summed E-state index contributed by atoms with van der Waals surface area (Å²) in [5.74, 6) is -1.51. The highest BCUT2D eigenvalue weighted by Gasteiger charge is 2.46. The minimum Gasteiger partial charge on any atom is -0.507 e. The number of ketones is 1. The van der Waals surface area contributed by atoms with Crippen LogP contribution in [0.1, 0.15) is 28.3 Å². The van der Waals surface area contributed by atoms with Crippen molar-refractivity contribution in [3.8, 4) is 11.5 Å². The number of likely N-dealkylation sites (tertiary alicyclic amines) is 1. The van der Waals surface area contributed by atoms with Crippen LogP contribution < -0.4 is 4.74 Å².